The monoisotopic (exact) mass is 378 g/mol. The van der Waals surface area contributed by atoms with Crippen LogP contribution in [0.15, 0.2) is 34.3 Å². The van der Waals surface area contributed by atoms with E-state index in [0.717, 1.165) is 41.2 Å². The third-order valence-electron chi connectivity index (χ3n) is 5.46. The van der Waals surface area contributed by atoms with Crippen molar-refractivity contribution in [3.63, 3.8) is 0 Å². The summed E-state index contributed by atoms with van der Waals surface area (Å²) < 4.78 is 0. The average Bonchev–Trinajstić information content (AvgIpc) is 3.32. The van der Waals surface area contributed by atoms with E-state index >= 15 is 0 Å². The molecule has 1 aromatic rings. The molecule has 4 rings (SSSR count). The third kappa shape index (κ3) is 3.22. The minimum absolute atomic E-state index is 0.146. The van der Waals surface area contributed by atoms with Crippen LogP contribution in [0.2, 0.25) is 0 Å². The van der Waals surface area contributed by atoms with Crippen LogP contribution in [0.25, 0.3) is 5.57 Å². The molecule has 0 fully saturated rings. The van der Waals surface area contributed by atoms with Crippen LogP contribution in [0.5, 0.6) is 0 Å². The molecule has 0 saturated heterocycles. The first-order valence-electron chi connectivity index (χ1n) is 9.52. The van der Waals surface area contributed by atoms with Gasteiger partial charge in [-0.1, -0.05) is 18.2 Å². The van der Waals surface area contributed by atoms with Gasteiger partial charge in [0, 0.05) is 38.3 Å². The van der Waals surface area contributed by atoms with Gasteiger partial charge in [0.1, 0.15) is 0 Å². The average molecular weight is 378 g/mol. The first kappa shape index (κ1) is 18.4. The summed E-state index contributed by atoms with van der Waals surface area (Å²) >= 11 is 0. The molecule has 2 aliphatic heterocycles. The van der Waals surface area contributed by atoms with Gasteiger partial charge in [0.05, 0.1) is 35.4 Å². The van der Waals surface area contributed by atoms with E-state index in [2.05, 4.69) is 49.4 Å². The minimum atomic E-state index is -0.404. The molecule has 0 bridgehead atoms. The molecule has 0 saturated carbocycles. The zero-order valence-corrected chi connectivity index (χ0v) is 16.5. The number of anilines is 1. The van der Waals surface area contributed by atoms with E-state index in [1.165, 1.54) is 0 Å². The fourth-order valence-corrected chi connectivity index (χ4v) is 3.91. The Morgan fingerprint density at radius 2 is 2.14 bits per heavy atom. The number of benzene rings is 1. The van der Waals surface area contributed by atoms with Crippen molar-refractivity contribution in [1.82, 2.24) is 10.2 Å². The highest BCUT2D eigenvalue weighted by molar-refractivity contribution is 6.06. The minimum Gasteiger partial charge on any atom is -0.373 e. The van der Waals surface area contributed by atoms with Crippen molar-refractivity contribution in [2.24, 2.45) is 15.7 Å². The number of rotatable bonds is 6. The van der Waals surface area contributed by atoms with Crippen LogP contribution < -0.4 is 16.0 Å². The summed E-state index contributed by atoms with van der Waals surface area (Å²) in [6.07, 6.45) is 10.6. The number of carbonyl (C=O) groups excluding carboxylic acids is 1. The van der Waals surface area contributed by atoms with Crippen molar-refractivity contribution in [2.75, 3.05) is 39.1 Å². The highest BCUT2D eigenvalue weighted by Crippen LogP contribution is 2.42. The lowest BCUT2D eigenvalue weighted by molar-refractivity contribution is 0.1000. The van der Waals surface area contributed by atoms with Gasteiger partial charge in [0.15, 0.2) is 0 Å². The number of hydrogen-bond acceptors (Lipinski definition) is 6. The molecule has 2 unspecified atom stereocenters. The molecule has 0 radical (unpaired) electrons. The van der Waals surface area contributed by atoms with Gasteiger partial charge in [-0.25, -0.2) is 0 Å². The molecular formula is C21H26N6O. The van der Waals surface area contributed by atoms with Gasteiger partial charge in [0.25, 0.3) is 5.91 Å². The largest absolute Gasteiger partial charge is 0.373 e. The van der Waals surface area contributed by atoms with Gasteiger partial charge in [-0.3, -0.25) is 14.8 Å². The number of hydrogen-bond donors (Lipinski definition) is 2. The van der Waals surface area contributed by atoms with E-state index in [0.29, 0.717) is 12.0 Å². The van der Waals surface area contributed by atoms with Crippen molar-refractivity contribution < 1.29 is 4.79 Å². The fourth-order valence-electron chi connectivity index (χ4n) is 3.91. The van der Waals surface area contributed by atoms with Crippen LogP contribution in [-0.2, 0) is 6.42 Å². The highest BCUT2D eigenvalue weighted by atomic mass is 16.1. The van der Waals surface area contributed by atoms with Crippen molar-refractivity contribution >= 4 is 35.4 Å². The van der Waals surface area contributed by atoms with E-state index in [1.54, 1.807) is 6.34 Å². The number of primary amides is 1. The van der Waals surface area contributed by atoms with Gasteiger partial charge in [-0.2, -0.15) is 0 Å². The Hall–Kier alpha value is -2.93. The Morgan fingerprint density at radius 1 is 1.32 bits per heavy atom. The lowest BCUT2D eigenvalue weighted by Gasteiger charge is -2.27. The Morgan fingerprint density at radius 3 is 2.89 bits per heavy atom. The Kier molecular flexibility index (Phi) is 4.77. The molecule has 0 aromatic heterocycles. The zero-order valence-electron chi connectivity index (χ0n) is 16.5. The number of likely N-dealkylation sites (N-methyl/N-ethyl adjacent to an activating group) is 2. The summed E-state index contributed by atoms with van der Waals surface area (Å²) in [4.78, 5) is 25.6. The number of nitrogens with zero attached hydrogens (tertiary/aromatic N) is 4. The molecule has 1 aromatic carbocycles. The number of aliphatic imine (C=N–C) groups is 2. The van der Waals surface area contributed by atoms with Crippen LogP contribution in [0.1, 0.15) is 21.5 Å². The first-order valence-corrected chi connectivity index (χ1v) is 9.52. The topological polar surface area (TPSA) is 86.3 Å². The van der Waals surface area contributed by atoms with Crippen molar-refractivity contribution in [2.45, 2.75) is 18.5 Å². The van der Waals surface area contributed by atoms with Gasteiger partial charge in [-0.05, 0) is 31.3 Å². The van der Waals surface area contributed by atoms with E-state index in [4.69, 9.17) is 5.73 Å². The second-order valence-electron chi connectivity index (χ2n) is 7.69. The molecule has 7 nitrogen and oxygen atoms in total. The van der Waals surface area contributed by atoms with E-state index in [9.17, 15) is 4.79 Å². The van der Waals surface area contributed by atoms with Gasteiger partial charge in [0.2, 0.25) is 0 Å². The van der Waals surface area contributed by atoms with Gasteiger partial charge < -0.3 is 20.9 Å². The Balaban J connectivity index is 1.80. The number of fused-ring (bicyclic) bond motifs is 2. The van der Waals surface area contributed by atoms with Crippen LogP contribution in [-0.4, -0.2) is 69.7 Å². The van der Waals surface area contributed by atoms with Gasteiger partial charge in [-0.15, -0.1) is 0 Å². The Labute approximate surface area is 165 Å². The van der Waals surface area contributed by atoms with Crippen molar-refractivity contribution in [3.05, 3.63) is 41.0 Å². The van der Waals surface area contributed by atoms with E-state index in [-0.39, 0.29) is 12.1 Å². The number of amides is 1. The Bertz CT molecular complexity index is 927. The van der Waals surface area contributed by atoms with E-state index < -0.39 is 5.91 Å². The van der Waals surface area contributed by atoms with Gasteiger partial charge >= 0.3 is 0 Å². The zero-order chi connectivity index (χ0) is 19.8. The highest BCUT2D eigenvalue weighted by Gasteiger charge is 2.28. The predicted molar refractivity (Wildman–Crippen MR) is 115 cm³/mol. The van der Waals surface area contributed by atoms with Crippen LogP contribution in [0, 0.1) is 0 Å². The lowest BCUT2D eigenvalue weighted by Crippen LogP contribution is -2.31. The van der Waals surface area contributed by atoms with Crippen LogP contribution >= 0.6 is 0 Å². The second-order valence-corrected chi connectivity index (χ2v) is 7.69. The van der Waals surface area contributed by atoms with Crippen LogP contribution in [0.4, 0.5) is 11.4 Å². The number of carbonyl (C=O) groups is 1. The van der Waals surface area contributed by atoms with Crippen LogP contribution in [0.3, 0.4) is 0 Å². The van der Waals surface area contributed by atoms with Crippen molar-refractivity contribution in [1.29, 1.82) is 0 Å². The second kappa shape index (κ2) is 7.24. The first-order chi connectivity index (χ1) is 13.5. The van der Waals surface area contributed by atoms with Crippen molar-refractivity contribution in [3.8, 4) is 0 Å². The molecule has 0 spiro atoms. The summed E-state index contributed by atoms with van der Waals surface area (Å²) in [5.74, 6) is -0.404. The molecular weight excluding hydrogens is 352 g/mol. The summed E-state index contributed by atoms with van der Waals surface area (Å²) in [5, 5.41) is 3.28. The van der Waals surface area contributed by atoms with E-state index in [1.807, 2.05) is 27.4 Å². The molecule has 1 aliphatic carbocycles. The maximum atomic E-state index is 12.3. The third-order valence-corrected chi connectivity index (χ3v) is 5.46. The quantitative estimate of drug-likeness (QED) is 0.783. The molecule has 1 amide bonds. The molecule has 2 heterocycles. The summed E-state index contributed by atoms with van der Waals surface area (Å²) in [6.45, 7) is 1.67. The fraction of sp³-hybridized carbons (Fsp3) is 0.381. The predicted octanol–water partition coefficient (Wildman–Crippen LogP) is 1.36. The summed E-state index contributed by atoms with van der Waals surface area (Å²) in [7, 11) is 6.08. The number of allylic oxidation sites excluding steroid dienone is 2. The normalized spacial score (nSPS) is 21.5. The standard InChI is InChI=1S/C21H26N6O/c1-26(2)8-9-27(3)18-11-15(13-4-5-16-17(10-13)25-12-24-16)20-14(6-7-23-20)19(18)21(22)28/h4-5,7,10-12,16-17H,6,8-9H2,1-3H3,(H2,22,28)(H,24,25). The molecule has 146 valence electrons. The summed E-state index contributed by atoms with van der Waals surface area (Å²) in [5.41, 5.74) is 11.1. The SMILES string of the molecule is CN(C)CCN(C)c1cc(C2=CC3NC=NC3C=C2)c2c(c1C(N)=O)CC=N2. The smallest absolute Gasteiger partial charge is 0.251 e. The number of nitrogens with one attached hydrogen (secondary N) is 1. The lowest BCUT2D eigenvalue weighted by atomic mass is 9.89. The molecule has 2 atom stereocenters. The molecule has 7 heteroatoms. The maximum absolute atomic E-state index is 12.3. The maximum Gasteiger partial charge on any atom is 0.251 e. The molecule has 28 heavy (non-hydrogen) atoms. The number of nitrogens with two attached hydrogens (primary N) is 1. The summed E-state index contributed by atoms with van der Waals surface area (Å²) in [6, 6.07) is 2.36. The molecule has 3 aliphatic rings. The molecule has 3 N–H and O–H groups in total.